The summed E-state index contributed by atoms with van der Waals surface area (Å²) in [5.74, 6) is -0.835. The number of carbonyl (C=O) groups excluding carboxylic acids is 1. The Bertz CT molecular complexity index is 940. The third-order valence-corrected chi connectivity index (χ3v) is 4.23. The van der Waals surface area contributed by atoms with Gasteiger partial charge in [-0.15, -0.1) is 13.2 Å². The number of benzene rings is 2. The average Bonchev–Trinajstić information content (AvgIpc) is 3.10. The van der Waals surface area contributed by atoms with Crippen molar-refractivity contribution in [3.05, 3.63) is 65.9 Å². The number of nitrogens with zero attached hydrogens (tertiary/aromatic N) is 1. The van der Waals surface area contributed by atoms with E-state index in [4.69, 9.17) is 0 Å². The molecule has 140 valence electrons. The summed E-state index contributed by atoms with van der Waals surface area (Å²) in [6.45, 7) is 0. The summed E-state index contributed by atoms with van der Waals surface area (Å²) >= 11 is 3.39. The summed E-state index contributed by atoms with van der Waals surface area (Å²) in [5, 5.41) is 10.3. The molecule has 1 heterocycles. The summed E-state index contributed by atoms with van der Waals surface area (Å²) in [6, 6.07) is 11.8. The fourth-order valence-corrected chi connectivity index (χ4v) is 2.85. The van der Waals surface area contributed by atoms with E-state index in [2.05, 4.69) is 36.2 Å². The number of hydrogen-bond acceptors (Lipinski definition) is 3. The first-order chi connectivity index (χ1) is 12.9. The monoisotopic (exact) mass is 439 g/mol. The van der Waals surface area contributed by atoms with Crippen LogP contribution in [0.5, 0.6) is 5.75 Å². The Morgan fingerprint density at radius 1 is 1.19 bits per heavy atom. The molecule has 0 fully saturated rings. The van der Waals surface area contributed by atoms with Gasteiger partial charge >= 0.3 is 6.36 Å². The number of anilines is 1. The van der Waals surface area contributed by atoms with Crippen LogP contribution in [0.3, 0.4) is 0 Å². The molecular formula is C18H13BrF3N3O2. The van der Waals surface area contributed by atoms with Crippen molar-refractivity contribution in [3.8, 4) is 17.0 Å². The topological polar surface area (TPSA) is 67.0 Å². The van der Waals surface area contributed by atoms with Gasteiger partial charge in [-0.1, -0.05) is 28.1 Å². The van der Waals surface area contributed by atoms with E-state index in [0.29, 0.717) is 11.0 Å². The van der Waals surface area contributed by atoms with Crippen molar-refractivity contribution in [2.75, 3.05) is 5.32 Å². The van der Waals surface area contributed by atoms with E-state index in [9.17, 15) is 18.0 Å². The van der Waals surface area contributed by atoms with E-state index >= 15 is 0 Å². The molecule has 1 amide bonds. The van der Waals surface area contributed by atoms with Gasteiger partial charge in [0.2, 0.25) is 0 Å². The molecule has 9 heteroatoms. The lowest BCUT2D eigenvalue weighted by Gasteiger charge is -2.10. The summed E-state index contributed by atoms with van der Waals surface area (Å²) < 4.78 is 40.3. The van der Waals surface area contributed by atoms with Gasteiger partial charge in [-0.05, 0) is 36.4 Å². The number of rotatable bonds is 5. The zero-order valence-electron chi connectivity index (χ0n) is 13.7. The van der Waals surface area contributed by atoms with E-state index in [0.717, 1.165) is 29.0 Å². The zero-order chi connectivity index (χ0) is 19.4. The molecule has 0 saturated heterocycles. The quantitative estimate of drug-likeness (QED) is 0.542. The predicted molar refractivity (Wildman–Crippen MR) is 97.7 cm³/mol. The molecule has 27 heavy (non-hydrogen) atoms. The minimum Gasteiger partial charge on any atom is -0.406 e. The highest BCUT2D eigenvalue weighted by Crippen LogP contribution is 2.26. The van der Waals surface area contributed by atoms with Gasteiger partial charge < -0.3 is 10.1 Å². The number of halogens is 4. The first-order valence-electron chi connectivity index (χ1n) is 7.71. The molecule has 0 atom stereocenters. The Labute approximate surface area is 160 Å². The highest BCUT2D eigenvalue weighted by molar-refractivity contribution is 9.08. The molecule has 0 bridgehead atoms. The molecule has 3 rings (SSSR count). The number of aromatic nitrogens is 2. The number of hydrogen-bond donors (Lipinski definition) is 2. The molecule has 0 aliphatic carbocycles. The molecule has 3 aromatic rings. The van der Waals surface area contributed by atoms with Crippen molar-refractivity contribution < 1.29 is 22.7 Å². The molecule has 0 unspecified atom stereocenters. The van der Waals surface area contributed by atoms with E-state index in [1.807, 2.05) is 6.07 Å². The maximum Gasteiger partial charge on any atom is 0.573 e. The van der Waals surface area contributed by atoms with Crippen molar-refractivity contribution in [1.29, 1.82) is 0 Å². The summed E-state index contributed by atoms with van der Waals surface area (Å²) in [5.41, 5.74) is 3.39. The van der Waals surface area contributed by atoms with Gasteiger partial charge in [0.05, 0.1) is 11.9 Å². The number of amides is 1. The van der Waals surface area contributed by atoms with Crippen molar-refractivity contribution in [1.82, 2.24) is 10.2 Å². The first-order valence-corrected chi connectivity index (χ1v) is 8.83. The Balaban J connectivity index is 1.74. The van der Waals surface area contributed by atoms with E-state index in [1.54, 1.807) is 24.4 Å². The van der Waals surface area contributed by atoms with E-state index < -0.39 is 12.3 Å². The summed E-state index contributed by atoms with van der Waals surface area (Å²) in [7, 11) is 0. The summed E-state index contributed by atoms with van der Waals surface area (Å²) in [4.78, 5) is 12.3. The van der Waals surface area contributed by atoms with Crippen LogP contribution in [0.2, 0.25) is 0 Å². The van der Waals surface area contributed by atoms with Crippen LogP contribution < -0.4 is 10.1 Å². The third kappa shape index (κ3) is 4.88. The Morgan fingerprint density at radius 3 is 2.59 bits per heavy atom. The standard InChI is InChI=1S/C18H13BrF3N3O2/c19-9-13-10-23-25-16(13)12-2-1-3-14(8-12)24-17(26)11-4-6-15(7-5-11)27-18(20,21)22/h1-8,10H,9H2,(H,23,25)(H,24,26). The SMILES string of the molecule is O=C(Nc1cccc(-c2[nH]ncc2CBr)c1)c1ccc(OC(F)(F)F)cc1. The third-order valence-electron chi connectivity index (χ3n) is 3.62. The van der Waals surface area contributed by atoms with Crippen LogP contribution in [0.1, 0.15) is 15.9 Å². The smallest absolute Gasteiger partial charge is 0.406 e. The number of alkyl halides is 4. The molecule has 5 nitrogen and oxygen atoms in total. The van der Waals surface area contributed by atoms with Gasteiger partial charge in [-0.25, -0.2) is 0 Å². The lowest BCUT2D eigenvalue weighted by Crippen LogP contribution is -2.17. The Hall–Kier alpha value is -2.81. The lowest BCUT2D eigenvalue weighted by atomic mass is 10.1. The second kappa shape index (κ2) is 7.83. The minimum absolute atomic E-state index is 0.206. The molecule has 1 aromatic heterocycles. The number of aromatic amines is 1. The minimum atomic E-state index is -4.77. The van der Waals surface area contributed by atoms with Crippen LogP contribution in [0.4, 0.5) is 18.9 Å². The van der Waals surface area contributed by atoms with E-state index in [-0.39, 0.29) is 11.3 Å². The van der Waals surface area contributed by atoms with Crippen molar-refractivity contribution >= 4 is 27.5 Å². The molecular weight excluding hydrogens is 427 g/mol. The van der Waals surface area contributed by atoms with Gasteiger partial charge in [0, 0.05) is 27.7 Å². The van der Waals surface area contributed by atoms with Gasteiger partial charge in [0.1, 0.15) is 5.75 Å². The average molecular weight is 440 g/mol. The summed E-state index contributed by atoms with van der Waals surface area (Å²) in [6.07, 6.45) is -3.06. The second-order valence-corrected chi connectivity index (χ2v) is 6.07. The van der Waals surface area contributed by atoms with Crippen LogP contribution in [-0.4, -0.2) is 22.5 Å². The fourth-order valence-electron chi connectivity index (χ4n) is 2.43. The number of ether oxygens (including phenoxy) is 1. The maximum atomic E-state index is 12.3. The molecule has 0 saturated carbocycles. The first kappa shape index (κ1) is 19.0. The number of carbonyl (C=O) groups is 1. The highest BCUT2D eigenvalue weighted by Gasteiger charge is 2.31. The molecule has 0 aliphatic heterocycles. The molecule has 2 N–H and O–H groups in total. The van der Waals surface area contributed by atoms with Crippen molar-refractivity contribution in [3.63, 3.8) is 0 Å². The van der Waals surface area contributed by atoms with Gasteiger partial charge in [-0.3, -0.25) is 9.89 Å². The van der Waals surface area contributed by atoms with Crippen LogP contribution in [0, 0.1) is 0 Å². The second-order valence-electron chi connectivity index (χ2n) is 5.51. The van der Waals surface area contributed by atoms with Gasteiger partial charge in [0.25, 0.3) is 5.91 Å². The highest BCUT2D eigenvalue weighted by atomic mass is 79.9. The molecule has 2 aromatic carbocycles. The largest absolute Gasteiger partial charge is 0.573 e. The van der Waals surface area contributed by atoms with E-state index in [1.165, 1.54) is 12.1 Å². The molecule has 0 aliphatic rings. The van der Waals surface area contributed by atoms with Crippen molar-refractivity contribution in [2.24, 2.45) is 0 Å². The normalized spacial score (nSPS) is 11.3. The lowest BCUT2D eigenvalue weighted by molar-refractivity contribution is -0.274. The fraction of sp³-hybridized carbons (Fsp3) is 0.111. The number of H-pyrrole nitrogens is 1. The number of nitrogens with one attached hydrogen (secondary N) is 2. The molecule has 0 spiro atoms. The van der Waals surface area contributed by atoms with Gasteiger partial charge in [0.15, 0.2) is 0 Å². The van der Waals surface area contributed by atoms with Crippen LogP contribution in [0.15, 0.2) is 54.7 Å². The van der Waals surface area contributed by atoms with Gasteiger partial charge in [-0.2, -0.15) is 5.10 Å². The Kier molecular flexibility index (Phi) is 5.50. The zero-order valence-corrected chi connectivity index (χ0v) is 15.3. The van der Waals surface area contributed by atoms with Crippen LogP contribution in [0.25, 0.3) is 11.3 Å². The van der Waals surface area contributed by atoms with Crippen LogP contribution >= 0.6 is 15.9 Å². The van der Waals surface area contributed by atoms with Crippen LogP contribution in [-0.2, 0) is 5.33 Å². The predicted octanol–water partition coefficient (Wildman–Crippen LogP) is 5.12. The molecule has 0 radical (unpaired) electrons. The maximum absolute atomic E-state index is 12.3. The Morgan fingerprint density at radius 2 is 1.93 bits per heavy atom. The van der Waals surface area contributed by atoms with Crippen molar-refractivity contribution in [2.45, 2.75) is 11.7 Å².